The van der Waals surface area contributed by atoms with E-state index < -0.39 is 11.8 Å². The monoisotopic (exact) mass is 453 g/mol. The van der Waals surface area contributed by atoms with Crippen molar-refractivity contribution in [3.05, 3.63) is 52.6 Å². The van der Waals surface area contributed by atoms with Crippen molar-refractivity contribution < 1.29 is 24.5 Å². The number of nitrogens with one attached hydrogen (secondary N) is 1. The highest BCUT2D eigenvalue weighted by Gasteiger charge is 2.29. The molecule has 3 N–H and O–H groups in total. The molecule has 0 aliphatic carbocycles. The average Bonchev–Trinajstić information content (AvgIpc) is 3.23. The minimum absolute atomic E-state index is 0.0000312. The first-order valence-corrected chi connectivity index (χ1v) is 11.5. The maximum absolute atomic E-state index is 13.2. The maximum Gasteiger partial charge on any atom is 0.258 e. The van der Waals surface area contributed by atoms with Crippen molar-refractivity contribution in [1.82, 2.24) is 15.1 Å². The predicted octanol–water partition coefficient (Wildman–Crippen LogP) is 2.87. The van der Waals surface area contributed by atoms with Crippen LogP contribution in [0.25, 0.3) is 0 Å². The molecule has 4 rings (SSSR count). The van der Waals surface area contributed by atoms with Crippen molar-refractivity contribution in [2.75, 3.05) is 26.7 Å². The molecule has 8 nitrogen and oxygen atoms in total. The topological polar surface area (TPSA) is 102 Å². The molecule has 0 spiro atoms. The van der Waals surface area contributed by atoms with Crippen LogP contribution in [0, 0.1) is 0 Å². The molecule has 2 amide bonds. The van der Waals surface area contributed by atoms with Gasteiger partial charge in [-0.15, -0.1) is 0 Å². The lowest BCUT2D eigenvalue weighted by Gasteiger charge is -2.24. The van der Waals surface area contributed by atoms with E-state index in [0.29, 0.717) is 19.6 Å². The number of rotatable bonds is 6. The molecule has 2 aliphatic rings. The number of amides is 2. The van der Waals surface area contributed by atoms with Gasteiger partial charge in [-0.1, -0.05) is 13.0 Å². The van der Waals surface area contributed by atoms with Gasteiger partial charge in [0.05, 0.1) is 11.1 Å². The second kappa shape index (κ2) is 9.70. The summed E-state index contributed by atoms with van der Waals surface area (Å²) in [6, 6.07) is 8.25. The van der Waals surface area contributed by atoms with E-state index in [1.54, 1.807) is 11.9 Å². The first kappa shape index (κ1) is 22.9. The summed E-state index contributed by atoms with van der Waals surface area (Å²) in [4.78, 5) is 29.0. The summed E-state index contributed by atoms with van der Waals surface area (Å²) in [5.74, 6) is -0.682. The van der Waals surface area contributed by atoms with Crippen molar-refractivity contribution in [3.8, 4) is 17.2 Å². The standard InChI is InChI=1S/C25H31N3O5/c1-3-10-27(2)24(31)20-12-21(23(30)13-22(20)29)25(32)28-14-16-4-5-19(11-17(16)15-28)33-18-6-8-26-9-7-18/h4-5,11-13,18,26,29-30H,3,6-10,14-15H2,1-2H3. The van der Waals surface area contributed by atoms with Gasteiger partial charge in [-0.25, -0.2) is 0 Å². The molecule has 0 saturated carbocycles. The first-order chi connectivity index (χ1) is 15.9. The van der Waals surface area contributed by atoms with Crippen molar-refractivity contribution in [1.29, 1.82) is 0 Å². The van der Waals surface area contributed by atoms with E-state index in [0.717, 1.165) is 55.3 Å². The molecule has 8 heteroatoms. The van der Waals surface area contributed by atoms with Crippen molar-refractivity contribution >= 4 is 11.8 Å². The Hall–Kier alpha value is -3.26. The Morgan fingerprint density at radius 2 is 1.76 bits per heavy atom. The van der Waals surface area contributed by atoms with Gasteiger partial charge >= 0.3 is 0 Å². The number of aromatic hydroxyl groups is 2. The predicted molar refractivity (Wildman–Crippen MR) is 124 cm³/mol. The molecule has 0 radical (unpaired) electrons. The normalized spacial score (nSPS) is 15.9. The molecule has 2 heterocycles. The van der Waals surface area contributed by atoms with Gasteiger partial charge < -0.3 is 30.1 Å². The molecule has 176 valence electrons. The Balaban J connectivity index is 1.50. The van der Waals surface area contributed by atoms with Crippen LogP contribution in [0.15, 0.2) is 30.3 Å². The third kappa shape index (κ3) is 4.90. The van der Waals surface area contributed by atoms with Crippen molar-refractivity contribution in [3.63, 3.8) is 0 Å². The van der Waals surface area contributed by atoms with Gasteiger partial charge in [0.1, 0.15) is 23.4 Å². The zero-order valence-electron chi connectivity index (χ0n) is 19.1. The summed E-state index contributed by atoms with van der Waals surface area (Å²) in [5, 5.41) is 23.9. The first-order valence-electron chi connectivity index (χ1n) is 11.5. The van der Waals surface area contributed by atoms with Crippen molar-refractivity contribution in [2.45, 2.75) is 45.4 Å². The van der Waals surface area contributed by atoms with Crippen LogP contribution in [0.3, 0.4) is 0 Å². The minimum Gasteiger partial charge on any atom is -0.507 e. The Kier molecular flexibility index (Phi) is 6.74. The Morgan fingerprint density at radius 1 is 1.06 bits per heavy atom. The number of carbonyl (C=O) groups is 2. The third-order valence-corrected chi connectivity index (χ3v) is 6.26. The van der Waals surface area contributed by atoms with Gasteiger partial charge in [0.2, 0.25) is 0 Å². The molecule has 0 unspecified atom stereocenters. The van der Waals surface area contributed by atoms with E-state index in [1.807, 2.05) is 25.1 Å². The number of carbonyl (C=O) groups excluding carboxylic acids is 2. The van der Waals surface area contributed by atoms with E-state index >= 15 is 0 Å². The number of benzene rings is 2. The fourth-order valence-corrected chi connectivity index (χ4v) is 4.43. The highest BCUT2D eigenvalue weighted by molar-refractivity contribution is 6.03. The molecule has 0 aromatic heterocycles. The molecular weight excluding hydrogens is 422 g/mol. The lowest BCUT2D eigenvalue weighted by Crippen LogP contribution is -2.34. The molecule has 0 atom stereocenters. The minimum atomic E-state index is -0.396. The number of fused-ring (bicyclic) bond motifs is 1. The van der Waals surface area contributed by atoms with Gasteiger partial charge in [0.25, 0.3) is 11.8 Å². The summed E-state index contributed by atoms with van der Waals surface area (Å²) in [6.07, 6.45) is 2.90. The number of hydrogen-bond acceptors (Lipinski definition) is 6. The Morgan fingerprint density at radius 3 is 2.48 bits per heavy atom. The maximum atomic E-state index is 13.2. The van der Waals surface area contributed by atoms with E-state index in [9.17, 15) is 19.8 Å². The van der Waals surface area contributed by atoms with Gasteiger partial charge in [-0.3, -0.25) is 9.59 Å². The number of piperidine rings is 1. The van der Waals surface area contributed by atoms with Gasteiger partial charge in [-0.2, -0.15) is 0 Å². The fraction of sp³-hybridized carbons (Fsp3) is 0.440. The quantitative estimate of drug-likeness (QED) is 0.622. The fourth-order valence-electron chi connectivity index (χ4n) is 4.43. The summed E-state index contributed by atoms with van der Waals surface area (Å²) < 4.78 is 6.12. The molecule has 2 aromatic carbocycles. The Bertz CT molecular complexity index is 1050. The molecular formula is C25H31N3O5. The van der Waals surface area contributed by atoms with Crippen molar-refractivity contribution in [2.24, 2.45) is 0 Å². The summed E-state index contributed by atoms with van der Waals surface area (Å²) in [5.41, 5.74) is 2.03. The van der Waals surface area contributed by atoms with Crippen LogP contribution in [0.2, 0.25) is 0 Å². The zero-order chi connectivity index (χ0) is 23.5. The molecule has 0 bridgehead atoms. The van der Waals surface area contributed by atoms with Gasteiger partial charge in [0, 0.05) is 32.7 Å². The number of hydrogen-bond donors (Lipinski definition) is 3. The van der Waals surface area contributed by atoms with E-state index in [4.69, 9.17) is 4.74 Å². The van der Waals surface area contributed by atoms with Crippen LogP contribution in [0.5, 0.6) is 17.2 Å². The Labute approximate surface area is 193 Å². The number of phenols is 2. The molecule has 1 fully saturated rings. The second-order valence-corrected chi connectivity index (χ2v) is 8.77. The SMILES string of the molecule is CCCN(C)C(=O)c1cc(C(=O)N2Cc3ccc(OC4CCNCC4)cc3C2)c(O)cc1O. The van der Waals surface area contributed by atoms with Gasteiger partial charge in [-0.05, 0) is 61.7 Å². The van der Waals surface area contributed by atoms with Crippen LogP contribution >= 0.6 is 0 Å². The molecule has 33 heavy (non-hydrogen) atoms. The third-order valence-electron chi connectivity index (χ3n) is 6.26. The summed E-state index contributed by atoms with van der Waals surface area (Å²) >= 11 is 0. The van der Waals surface area contributed by atoms with Crippen LogP contribution in [-0.2, 0) is 13.1 Å². The van der Waals surface area contributed by atoms with E-state index in [-0.39, 0.29) is 28.7 Å². The number of nitrogens with zero attached hydrogens (tertiary/aromatic N) is 2. The van der Waals surface area contributed by atoms with Crippen LogP contribution in [0.4, 0.5) is 0 Å². The van der Waals surface area contributed by atoms with Crippen LogP contribution in [0.1, 0.15) is 58.0 Å². The second-order valence-electron chi connectivity index (χ2n) is 8.77. The van der Waals surface area contributed by atoms with Crippen LogP contribution in [-0.4, -0.2) is 64.6 Å². The lowest BCUT2D eigenvalue weighted by atomic mass is 10.1. The highest BCUT2D eigenvalue weighted by Crippen LogP contribution is 2.33. The summed E-state index contributed by atoms with van der Waals surface area (Å²) in [6.45, 7) is 5.16. The summed E-state index contributed by atoms with van der Waals surface area (Å²) in [7, 11) is 1.64. The van der Waals surface area contributed by atoms with E-state index in [1.165, 1.54) is 11.0 Å². The zero-order valence-corrected chi connectivity index (χ0v) is 19.1. The van der Waals surface area contributed by atoms with Crippen LogP contribution < -0.4 is 10.1 Å². The lowest BCUT2D eigenvalue weighted by molar-refractivity contribution is 0.0748. The number of ether oxygens (including phenoxy) is 1. The smallest absolute Gasteiger partial charge is 0.258 e. The molecule has 2 aromatic rings. The molecule has 2 aliphatic heterocycles. The highest BCUT2D eigenvalue weighted by atomic mass is 16.5. The van der Waals surface area contributed by atoms with Gasteiger partial charge in [0.15, 0.2) is 0 Å². The van der Waals surface area contributed by atoms with E-state index in [2.05, 4.69) is 5.32 Å². The molecule has 1 saturated heterocycles. The number of phenolic OH excluding ortho intramolecular Hbond substituents is 2. The average molecular weight is 454 g/mol. The largest absolute Gasteiger partial charge is 0.507 e.